The van der Waals surface area contributed by atoms with E-state index in [0.717, 1.165) is 11.0 Å². The number of amides is 1. The van der Waals surface area contributed by atoms with Crippen LogP contribution in [0.3, 0.4) is 0 Å². The van der Waals surface area contributed by atoms with Gasteiger partial charge in [-0.15, -0.1) is 0 Å². The molecule has 156 valence electrons. The molecule has 0 fully saturated rings. The Labute approximate surface area is 176 Å². The lowest BCUT2D eigenvalue weighted by Gasteiger charge is -2.13. The minimum absolute atomic E-state index is 0.148. The highest BCUT2D eigenvalue weighted by Gasteiger charge is 2.15. The first-order valence-electron chi connectivity index (χ1n) is 8.84. The molecule has 1 heterocycles. The van der Waals surface area contributed by atoms with Gasteiger partial charge in [0.05, 0.1) is 37.2 Å². The van der Waals surface area contributed by atoms with Crippen molar-refractivity contribution in [1.82, 2.24) is 15.4 Å². The Bertz CT molecular complexity index is 1040. The molecule has 2 N–H and O–H groups in total. The predicted octanol–water partition coefficient (Wildman–Crippen LogP) is 2.75. The fourth-order valence-corrected chi connectivity index (χ4v) is 3.24. The number of aromatic amines is 1. The summed E-state index contributed by atoms with van der Waals surface area (Å²) in [5.41, 5.74) is 4.81. The number of hydrazone groups is 1. The maximum Gasteiger partial charge on any atom is 0.308 e. The van der Waals surface area contributed by atoms with Crippen molar-refractivity contribution in [2.75, 3.05) is 20.0 Å². The Morgan fingerprint density at radius 3 is 2.53 bits per heavy atom. The number of hydrogen-bond acceptors (Lipinski definition) is 8. The van der Waals surface area contributed by atoms with Gasteiger partial charge in [-0.05, 0) is 24.3 Å². The zero-order valence-corrected chi connectivity index (χ0v) is 17.4. The van der Waals surface area contributed by atoms with Gasteiger partial charge in [0, 0.05) is 12.5 Å². The number of carbonyl (C=O) groups is 2. The first-order chi connectivity index (χ1) is 14.5. The Balaban J connectivity index is 1.61. The molecule has 30 heavy (non-hydrogen) atoms. The summed E-state index contributed by atoms with van der Waals surface area (Å²) >= 11 is 1.28. The molecular weight excluding hydrogens is 408 g/mol. The van der Waals surface area contributed by atoms with Crippen LogP contribution in [0, 0.1) is 0 Å². The Kier molecular flexibility index (Phi) is 6.91. The quantitative estimate of drug-likeness (QED) is 0.186. The fourth-order valence-electron chi connectivity index (χ4n) is 2.56. The highest BCUT2D eigenvalue weighted by molar-refractivity contribution is 7.99. The van der Waals surface area contributed by atoms with Gasteiger partial charge in [0.1, 0.15) is 0 Å². The van der Waals surface area contributed by atoms with Crippen molar-refractivity contribution < 1.29 is 23.8 Å². The van der Waals surface area contributed by atoms with Crippen LogP contribution in [0.2, 0.25) is 0 Å². The second kappa shape index (κ2) is 9.79. The molecule has 0 aliphatic heterocycles. The molecule has 1 amide bonds. The number of para-hydroxylation sites is 2. The van der Waals surface area contributed by atoms with Crippen LogP contribution in [0.1, 0.15) is 12.5 Å². The van der Waals surface area contributed by atoms with Gasteiger partial charge in [0.15, 0.2) is 16.7 Å². The monoisotopic (exact) mass is 428 g/mol. The van der Waals surface area contributed by atoms with Gasteiger partial charge in [-0.25, -0.2) is 10.4 Å². The van der Waals surface area contributed by atoms with Crippen molar-refractivity contribution in [3.63, 3.8) is 0 Å². The van der Waals surface area contributed by atoms with Crippen molar-refractivity contribution in [3.05, 3.63) is 42.0 Å². The summed E-state index contributed by atoms with van der Waals surface area (Å²) in [7, 11) is 2.89. The summed E-state index contributed by atoms with van der Waals surface area (Å²) in [6.07, 6.45) is 1.44. The Hall–Kier alpha value is -3.53. The van der Waals surface area contributed by atoms with Gasteiger partial charge in [0.25, 0.3) is 5.91 Å². The number of H-pyrrole nitrogens is 1. The summed E-state index contributed by atoms with van der Waals surface area (Å²) in [5.74, 6) is 0.149. The minimum Gasteiger partial charge on any atom is -0.493 e. The highest BCUT2D eigenvalue weighted by atomic mass is 32.2. The molecule has 0 bridgehead atoms. The molecule has 0 spiro atoms. The molecule has 0 atom stereocenters. The zero-order valence-electron chi connectivity index (χ0n) is 16.6. The van der Waals surface area contributed by atoms with E-state index in [2.05, 4.69) is 20.5 Å². The van der Waals surface area contributed by atoms with E-state index in [0.29, 0.717) is 22.2 Å². The van der Waals surface area contributed by atoms with Crippen LogP contribution in [0.4, 0.5) is 0 Å². The number of nitrogens with zero attached hydrogens (tertiary/aromatic N) is 2. The van der Waals surface area contributed by atoms with Crippen molar-refractivity contribution in [2.45, 2.75) is 12.1 Å². The average Bonchev–Trinajstić information content (AvgIpc) is 3.15. The van der Waals surface area contributed by atoms with E-state index in [1.165, 1.54) is 39.1 Å². The number of esters is 1. The Morgan fingerprint density at radius 1 is 1.20 bits per heavy atom. The number of carbonyl (C=O) groups excluding carboxylic acids is 2. The first kappa shape index (κ1) is 21.2. The van der Waals surface area contributed by atoms with Crippen molar-refractivity contribution >= 4 is 40.9 Å². The van der Waals surface area contributed by atoms with Crippen molar-refractivity contribution in [2.24, 2.45) is 5.10 Å². The normalized spacial score (nSPS) is 10.9. The summed E-state index contributed by atoms with van der Waals surface area (Å²) in [6, 6.07) is 10.9. The zero-order chi connectivity index (χ0) is 21.5. The number of imidazole rings is 1. The van der Waals surface area contributed by atoms with E-state index in [1.807, 2.05) is 24.3 Å². The molecular formula is C20H20N4O5S. The number of hydrogen-bond donors (Lipinski definition) is 2. The minimum atomic E-state index is -0.498. The predicted molar refractivity (Wildman–Crippen MR) is 113 cm³/mol. The van der Waals surface area contributed by atoms with Gasteiger partial charge in [0.2, 0.25) is 5.75 Å². The van der Waals surface area contributed by atoms with Crippen LogP contribution in [-0.4, -0.2) is 48.0 Å². The number of methoxy groups -OCH3 is 2. The molecule has 10 heteroatoms. The maximum absolute atomic E-state index is 12.0. The largest absolute Gasteiger partial charge is 0.493 e. The fraction of sp³-hybridized carbons (Fsp3) is 0.200. The van der Waals surface area contributed by atoms with Crippen LogP contribution in [-0.2, 0) is 9.59 Å². The van der Waals surface area contributed by atoms with Crippen LogP contribution in [0.5, 0.6) is 17.2 Å². The topological polar surface area (TPSA) is 115 Å². The van der Waals surface area contributed by atoms with E-state index in [4.69, 9.17) is 14.2 Å². The molecule has 9 nitrogen and oxygen atoms in total. The molecule has 0 unspecified atom stereocenters. The van der Waals surface area contributed by atoms with Gasteiger partial charge < -0.3 is 19.2 Å². The number of rotatable bonds is 8. The number of ether oxygens (including phenoxy) is 3. The smallest absolute Gasteiger partial charge is 0.308 e. The van der Waals surface area contributed by atoms with Gasteiger partial charge in [-0.3, -0.25) is 9.59 Å². The van der Waals surface area contributed by atoms with Gasteiger partial charge >= 0.3 is 5.97 Å². The number of thioether (sulfide) groups is 1. The summed E-state index contributed by atoms with van der Waals surface area (Å²) in [5, 5.41) is 4.61. The molecule has 0 saturated carbocycles. The molecule has 1 aromatic heterocycles. The van der Waals surface area contributed by atoms with E-state index in [1.54, 1.807) is 12.1 Å². The molecule has 0 radical (unpaired) electrons. The molecule has 3 aromatic rings. The third kappa shape index (κ3) is 5.29. The van der Waals surface area contributed by atoms with E-state index in [-0.39, 0.29) is 17.4 Å². The SMILES string of the molecule is COc1cc(/C=N/NC(=O)CSc2nc3ccccc3[nH]2)cc(OC)c1OC(C)=O. The van der Waals surface area contributed by atoms with Crippen LogP contribution < -0.4 is 19.6 Å². The van der Waals surface area contributed by atoms with Crippen molar-refractivity contribution in [3.8, 4) is 17.2 Å². The molecule has 0 saturated heterocycles. The number of nitrogens with one attached hydrogen (secondary N) is 2. The molecule has 0 aliphatic rings. The molecule has 0 aliphatic carbocycles. The Morgan fingerprint density at radius 2 is 1.90 bits per heavy atom. The lowest BCUT2D eigenvalue weighted by atomic mass is 10.2. The summed E-state index contributed by atoms with van der Waals surface area (Å²) in [4.78, 5) is 30.9. The standard InChI is InChI=1S/C20H20N4O5S/c1-12(25)29-19-16(27-2)8-13(9-17(19)28-3)10-21-24-18(26)11-30-20-22-14-6-4-5-7-15(14)23-20/h4-10H,11H2,1-3H3,(H,22,23)(H,24,26)/b21-10+. The first-order valence-corrected chi connectivity index (χ1v) is 9.82. The van der Waals surface area contributed by atoms with E-state index < -0.39 is 5.97 Å². The highest BCUT2D eigenvalue weighted by Crippen LogP contribution is 2.38. The van der Waals surface area contributed by atoms with E-state index in [9.17, 15) is 9.59 Å². The van der Waals surface area contributed by atoms with Crippen LogP contribution >= 0.6 is 11.8 Å². The van der Waals surface area contributed by atoms with Crippen LogP contribution in [0.25, 0.3) is 11.0 Å². The second-order valence-corrected chi connectivity index (χ2v) is 6.95. The summed E-state index contributed by atoms with van der Waals surface area (Å²) in [6.45, 7) is 1.28. The third-order valence-corrected chi connectivity index (χ3v) is 4.71. The lowest BCUT2D eigenvalue weighted by Crippen LogP contribution is -2.19. The maximum atomic E-state index is 12.0. The van der Waals surface area contributed by atoms with Crippen molar-refractivity contribution in [1.29, 1.82) is 0 Å². The van der Waals surface area contributed by atoms with Gasteiger partial charge in [-0.2, -0.15) is 5.10 Å². The number of benzene rings is 2. The van der Waals surface area contributed by atoms with Crippen LogP contribution in [0.15, 0.2) is 46.7 Å². The van der Waals surface area contributed by atoms with E-state index >= 15 is 0 Å². The second-order valence-electron chi connectivity index (χ2n) is 5.99. The molecule has 3 rings (SSSR count). The molecule has 2 aromatic carbocycles. The number of fused-ring (bicyclic) bond motifs is 1. The summed E-state index contributed by atoms with van der Waals surface area (Å²) < 4.78 is 15.6. The number of aromatic nitrogens is 2. The lowest BCUT2D eigenvalue weighted by molar-refractivity contribution is -0.132. The average molecular weight is 428 g/mol. The van der Waals surface area contributed by atoms with Gasteiger partial charge in [-0.1, -0.05) is 23.9 Å². The third-order valence-electron chi connectivity index (χ3n) is 3.84.